The van der Waals surface area contributed by atoms with Crippen molar-refractivity contribution in [3.05, 3.63) is 220 Å². The van der Waals surface area contributed by atoms with Crippen molar-refractivity contribution in [2.75, 3.05) is 13.2 Å². The quantitative estimate of drug-likeness (QED) is 0.0350. The van der Waals surface area contributed by atoms with E-state index < -0.39 is 36.3 Å². The summed E-state index contributed by atoms with van der Waals surface area (Å²) in [4.78, 5) is 13.7. The van der Waals surface area contributed by atoms with Gasteiger partial charge in [0.15, 0.2) is 5.75 Å². The summed E-state index contributed by atoms with van der Waals surface area (Å²) in [7, 11) is 0. The second kappa shape index (κ2) is 24.1. The molecule has 1 saturated heterocycles. The third-order valence-electron chi connectivity index (χ3n) is 11.0. The molecular formula is C56H56O10. The van der Waals surface area contributed by atoms with Gasteiger partial charge in [0.1, 0.15) is 42.4 Å². The minimum atomic E-state index is -1.03. The van der Waals surface area contributed by atoms with Crippen molar-refractivity contribution in [2.24, 2.45) is 0 Å². The second-order valence-electron chi connectivity index (χ2n) is 15.9. The maximum Gasteiger partial charge on any atom is 0.383 e. The van der Waals surface area contributed by atoms with Crippen LogP contribution in [0.15, 0.2) is 191 Å². The van der Waals surface area contributed by atoms with E-state index in [4.69, 9.17) is 42.3 Å². The molecule has 0 amide bonds. The molecule has 1 aliphatic rings. The monoisotopic (exact) mass is 888 g/mol. The molecule has 0 radical (unpaired) electrons. The summed E-state index contributed by atoms with van der Waals surface area (Å²) in [6.07, 6.45) is 1.75. The van der Waals surface area contributed by atoms with Crippen LogP contribution in [-0.2, 0) is 56.7 Å². The summed E-state index contributed by atoms with van der Waals surface area (Å²) in [6, 6.07) is 54.9. The summed E-state index contributed by atoms with van der Waals surface area (Å²) < 4.78 is 59.0. The van der Waals surface area contributed by atoms with Crippen molar-refractivity contribution in [1.82, 2.24) is 0 Å². The molecule has 1 aliphatic heterocycles. The maximum absolute atomic E-state index is 13.7. The van der Waals surface area contributed by atoms with Crippen molar-refractivity contribution >= 4 is 11.0 Å². The molecule has 7 aromatic rings. The Balaban J connectivity index is 1.14. The predicted octanol–water partition coefficient (Wildman–Crippen LogP) is 11.2. The van der Waals surface area contributed by atoms with Gasteiger partial charge in [0.2, 0.25) is 12.0 Å². The van der Waals surface area contributed by atoms with Crippen molar-refractivity contribution < 1.29 is 42.3 Å². The second-order valence-corrected chi connectivity index (χ2v) is 15.9. The first-order valence-corrected chi connectivity index (χ1v) is 22.6. The molecular weight excluding hydrogens is 833 g/mol. The van der Waals surface area contributed by atoms with E-state index in [0.29, 0.717) is 30.8 Å². The average Bonchev–Trinajstić information content (AvgIpc) is 3.36. The molecule has 8 rings (SSSR count). The fourth-order valence-electron chi connectivity index (χ4n) is 7.70. The highest BCUT2D eigenvalue weighted by Gasteiger charge is 2.50. The molecule has 1 fully saturated rings. The van der Waals surface area contributed by atoms with Crippen LogP contribution >= 0.6 is 0 Å². The number of fused-ring (bicyclic) bond motifs is 1. The van der Waals surface area contributed by atoms with E-state index in [-0.39, 0.29) is 50.1 Å². The Labute approximate surface area is 386 Å². The highest BCUT2D eigenvalue weighted by Crippen LogP contribution is 2.37. The molecule has 10 heteroatoms. The topological polar surface area (TPSA) is 104 Å². The lowest BCUT2D eigenvalue weighted by molar-refractivity contribution is -0.310. The molecule has 0 unspecified atom stereocenters. The van der Waals surface area contributed by atoms with Crippen LogP contribution in [0.4, 0.5) is 0 Å². The lowest BCUT2D eigenvalue weighted by Crippen LogP contribution is -2.62. The van der Waals surface area contributed by atoms with Gasteiger partial charge in [0.05, 0.1) is 45.0 Å². The highest BCUT2D eigenvalue weighted by atomic mass is 16.7. The minimum Gasteiger partial charge on any atom is -0.484 e. The number of benzene rings is 6. The fourth-order valence-corrected chi connectivity index (χ4v) is 7.70. The van der Waals surface area contributed by atoms with Crippen LogP contribution in [0.5, 0.6) is 17.2 Å². The summed E-state index contributed by atoms with van der Waals surface area (Å²) in [5.74, 6) is 0.670. The van der Waals surface area contributed by atoms with Gasteiger partial charge in [0.25, 0.3) is 0 Å². The molecule has 0 spiro atoms. The van der Waals surface area contributed by atoms with Crippen LogP contribution in [0.2, 0.25) is 0 Å². The molecule has 1 aromatic heterocycles. The van der Waals surface area contributed by atoms with Crippen molar-refractivity contribution in [3.63, 3.8) is 0 Å². The number of allylic oxidation sites excluding steroid dienone is 1. The molecule has 5 atom stereocenters. The normalized spacial score (nSPS) is 18.3. The number of ether oxygens (including phenoxy) is 8. The average molecular weight is 889 g/mol. The van der Waals surface area contributed by atoms with Gasteiger partial charge in [0, 0.05) is 6.07 Å². The van der Waals surface area contributed by atoms with E-state index >= 15 is 0 Å². The predicted molar refractivity (Wildman–Crippen MR) is 253 cm³/mol. The van der Waals surface area contributed by atoms with Crippen molar-refractivity contribution in [2.45, 2.75) is 83.5 Å². The Kier molecular flexibility index (Phi) is 16.8. The lowest BCUT2D eigenvalue weighted by atomic mass is 9.97. The Hall–Kier alpha value is -6.53. The summed E-state index contributed by atoms with van der Waals surface area (Å²) in [6.45, 7) is 3.90. The zero-order valence-electron chi connectivity index (χ0n) is 37.2. The van der Waals surface area contributed by atoms with Crippen LogP contribution in [0.3, 0.4) is 0 Å². The third kappa shape index (κ3) is 12.8. The molecule has 340 valence electrons. The number of rotatable bonds is 23. The molecule has 66 heavy (non-hydrogen) atoms. The van der Waals surface area contributed by atoms with Crippen LogP contribution in [0.1, 0.15) is 47.6 Å². The van der Waals surface area contributed by atoms with Gasteiger partial charge in [-0.05, 0) is 52.8 Å². The Morgan fingerprint density at radius 3 is 1.61 bits per heavy atom. The highest BCUT2D eigenvalue weighted by molar-refractivity contribution is 5.86. The summed E-state index contributed by atoms with van der Waals surface area (Å²) in [5, 5.41) is 0.545. The van der Waals surface area contributed by atoms with Crippen LogP contribution in [-0.4, -0.2) is 43.9 Å². The molecule has 0 N–H and O–H groups in total. The van der Waals surface area contributed by atoms with Crippen LogP contribution in [0.25, 0.3) is 11.0 Å². The van der Waals surface area contributed by atoms with Gasteiger partial charge in [-0.3, -0.25) is 0 Å². The summed E-state index contributed by atoms with van der Waals surface area (Å²) >= 11 is 0. The maximum atomic E-state index is 13.7. The van der Waals surface area contributed by atoms with E-state index in [1.165, 1.54) is 0 Å². The Morgan fingerprint density at radius 1 is 0.530 bits per heavy atom. The van der Waals surface area contributed by atoms with Gasteiger partial charge in [-0.15, -0.1) is 0 Å². The van der Waals surface area contributed by atoms with Gasteiger partial charge < -0.3 is 42.3 Å². The largest absolute Gasteiger partial charge is 0.484 e. The zero-order chi connectivity index (χ0) is 45.2. The molecule has 0 aliphatic carbocycles. The van der Waals surface area contributed by atoms with Crippen LogP contribution < -0.4 is 19.8 Å². The molecule has 2 heterocycles. The minimum absolute atomic E-state index is 0.0142. The Bertz CT molecular complexity index is 2590. The Morgan fingerprint density at radius 2 is 1.05 bits per heavy atom. The zero-order valence-corrected chi connectivity index (χ0v) is 37.2. The number of hydrogen-bond donors (Lipinski definition) is 0. The fraction of sp³-hybridized carbons (Fsp3) is 0.268. The molecule has 0 saturated carbocycles. The van der Waals surface area contributed by atoms with Crippen molar-refractivity contribution in [1.29, 1.82) is 0 Å². The first kappa shape index (κ1) is 46.0. The third-order valence-corrected chi connectivity index (χ3v) is 11.0. The van der Waals surface area contributed by atoms with Crippen molar-refractivity contribution in [3.8, 4) is 17.2 Å². The smallest absolute Gasteiger partial charge is 0.383 e. The van der Waals surface area contributed by atoms with E-state index in [9.17, 15) is 4.79 Å². The summed E-state index contributed by atoms with van der Waals surface area (Å²) in [5.41, 5.74) is 4.49. The van der Waals surface area contributed by atoms with Gasteiger partial charge in [-0.2, -0.15) is 0 Å². The lowest BCUT2D eigenvalue weighted by Gasteiger charge is -2.45. The van der Waals surface area contributed by atoms with Crippen LogP contribution in [0, 0.1) is 0 Å². The van der Waals surface area contributed by atoms with E-state index in [1.807, 2.05) is 158 Å². The van der Waals surface area contributed by atoms with E-state index in [2.05, 4.69) is 13.0 Å². The van der Waals surface area contributed by atoms with Gasteiger partial charge >= 0.3 is 5.63 Å². The first-order valence-electron chi connectivity index (χ1n) is 22.6. The molecule has 0 bridgehead atoms. The number of hydrogen-bond acceptors (Lipinski definition) is 10. The van der Waals surface area contributed by atoms with E-state index in [1.54, 1.807) is 18.2 Å². The SMILES string of the molecule is CCC=CCCOc1c(OCc2ccccc2)c2ccc(O[C@@H]3O[C@H](COCc4ccccc4)[C@H](OCc4ccccc4)[C@H](OCc4ccccc4)[C@H]3OCc3ccccc3)cc2oc1=O. The molecule has 10 nitrogen and oxygen atoms in total. The molecule has 6 aromatic carbocycles. The van der Waals surface area contributed by atoms with Gasteiger partial charge in [-0.25, -0.2) is 4.79 Å². The first-order chi connectivity index (χ1) is 32.6. The standard InChI is InChI=1S/C56H56O10/c1-2-3-4-20-33-59-53-50(60-36-42-23-12-6-13-24-42)47-32-31-46(34-48(47)65-55(53)57)64-56-54(63-39-45-29-18-9-19-30-45)52(62-38-44-27-16-8-17-28-44)51(61-37-43-25-14-7-15-26-43)49(66-56)40-58-35-41-21-10-5-11-22-41/h3-19,21-32,34,49,51-52,54,56H,2,20,33,35-40H2,1H3/t49-,51+,52+,54-,56-/m1/s1. The van der Waals surface area contributed by atoms with Gasteiger partial charge in [-0.1, -0.05) is 171 Å². The van der Waals surface area contributed by atoms with E-state index in [0.717, 1.165) is 34.2 Å².